The molecule has 4 heterocycles. The second-order valence-corrected chi connectivity index (χ2v) is 16.9. The Morgan fingerprint density at radius 3 is 1.38 bits per heavy atom. The van der Waals surface area contributed by atoms with E-state index in [1.54, 1.807) is 40.1 Å². The van der Waals surface area contributed by atoms with E-state index in [0.29, 0.717) is 48.4 Å². The minimum absolute atomic E-state index is 0.134. The van der Waals surface area contributed by atoms with Crippen LogP contribution < -0.4 is 21.3 Å². The third kappa shape index (κ3) is 8.78. The number of nitrogens with one attached hydrogen (secondary N) is 6. The third-order valence-corrected chi connectivity index (χ3v) is 12.3. The Morgan fingerprint density at radius 2 is 1.03 bits per heavy atom. The van der Waals surface area contributed by atoms with E-state index in [1.165, 1.54) is 24.3 Å². The first-order valence-electron chi connectivity index (χ1n) is 20.8. The molecule has 0 saturated carbocycles. The summed E-state index contributed by atoms with van der Waals surface area (Å²) in [6.45, 7) is 12.3. The summed E-state index contributed by atoms with van der Waals surface area (Å²) in [5.74, 6) is -1.84. The summed E-state index contributed by atoms with van der Waals surface area (Å²) in [6, 6.07) is 6.56. The molecule has 314 valence electrons. The van der Waals surface area contributed by atoms with Gasteiger partial charge in [0.1, 0.15) is 23.7 Å². The molecule has 58 heavy (non-hydrogen) atoms. The first kappa shape index (κ1) is 42.8. The zero-order chi connectivity index (χ0) is 42.0. The van der Waals surface area contributed by atoms with E-state index in [9.17, 15) is 28.0 Å². The SMILES string of the molecule is CN[C@@H](C)C(=O)N[C@H](C(=O)N1CCC[C@@H]1Cc1c(-c2[nH]c3cc(F)ccc3c2C[C@@H]2CCCN2C(=O)[C@@H](NC(=O)[C@H](C)NC)C(C)C)[nH]c2cc(F)ccc12)C(C)C. The van der Waals surface area contributed by atoms with E-state index in [2.05, 4.69) is 31.2 Å². The van der Waals surface area contributed by atoms with Gasteiger partial charge in [-0.05, 0) is 126 Å². The largest absolute Gasteiger partial charge is 0.353 e. The number of H-pyrrole nitrogens is 2. The highest BCUT2D eigenvalue weighted by molar-refractivity contribution is 5.97. The number of carbonyl (C=O) groups excluding carboxylic acids is 4. The molecule has 0 bridgehead atoms. The molecule has 2 saturated heterocycles. The Kier molecular flexibility index (Phi) is 13.3. The number of amides is 4. The molecule has 2 fully saturated rings. The molecule has 2 aromatic carbocycles. The number of aromatic nitrogens is 2. The number of benzene rings is 2. The third-order valence-electron chi connectivity index (χ3n) is 12.3. The monoisotopic (exact) mass is 802 g/mol. The van der Waals surface area contributed by atoms with E-state index in [1.807, 2.05) is 37.5 Å². The molecule has 2 aliphatic heterocycles. The average Bonchev–Trinajstić information content (AvgIpc) is 4.00. The summed E-state index contributed by atoms with van der Waals surface area (Å²) < 4.78 is 29.6. The zero-order valence-electron chi connectivity index (χ0n) is 35.0. The van der Waals surface area contributed by atoms with Gasteiger partial charge in [-0.2, -0.15) is 0 Å². The average molecular weight is 803 g/mol. The van der Waals surface area contributed by atoms with Crippen LogP contribution in [-0.4, -0.2) is 107 Å². The second-order valence-electron chi connectivity index (χ2n) is 16.9. The van der Waals surface area contributed by atoms with E-state index < -0.39 is 35.8 Å². The van der Waals surface area contributed by atoms with E-state index in [-0.39, 0.29) is 47.5 Å². The normalized spacial score (nSPS) is 19.3. The number of carbonyl (C=O) groups is 4. The molecular formula is C44H60F2N8O4. The number of hydrogen-bond donors (Lipinski definition) is 6. The molecule has 0 aliphatic carbocycles. The van der Waals surface area contributed by atoms with Crippen molar-refractivity contribution in [3.05, 3.63) is 59.2 Å². The van der Waals surface area contributed by atoms with Crippen molar-refractivity contribution in [3.8, 4) is 11.4 Å². The van der Waals surface area contributed by atoms with Crippen molar-refractivity contribution in [1.82, 2.24) is 41.0 Å². The summed E-state index contributed by atoms with van der Waals surface area (Å²) in [7, 11) is 3.40. The topological polar surface area (TPSA) is 154 Å². The van der Waals surface area contributed by atoms with Crippen molar-refractivity contribution in [2.24, 2.45) is 11.8 Å². The van der Waals surface area contributed by atoms with Crippen LogP contribution >= 0.6 is 0 Å². The van der Waals surface area contributed by atoms with Gasteiger partial charge in [0.2, 0.25) is 23.6 Å². The lowest BCUT2D eigenvalue weighted by atomic mass is 9.94. The van der Waals surface area contributed by atoms with Crippen LogP contribution in [0, 0.1) is 23.5 Å². The molecule has 6 N–H and O–H groups in total. The smallest absolute Gasteiger partial charge is 0.245 e. The predicted octanol–water partition coefficient (Wildman–Crippen LogP) is 5.16. The van der Waals surface area contributed by atoms with Crippen molar-refractivity contribution in [2.45, 2.75) is 116 Å². The van der Waals surface area contributed by atoms with E-state index >= 15 is 0 Å². The fraction of sp³-hybridized carbons (Fsp3) is 0.545. The minimum atomic E-state index is -0.706. The predicted molar refractivity (Wildman–Crippen MR) is 223 cm³/mol. The van der Waals surface area contributed by atoms with Crippen LogP contribution in [0.3, 0.4) is 0 Å². The molecule has 14 heteroatoms. The quantitative estimate of drug-likeness (QED) is 0.0977. The van der Waals surface area contributed by atoms with Crippen molar-refractivity contribution >= 4 is 45.4 Å². The summed E-state index contributed by atoms with van der Waals surface area (Å²) in [6.07, 6.45) is 3.99. The Labute approximate surface area is 339 Å². The number of rotatable bonds is 15. The molecule has 6 rings (SSSR count). The fourth-order valence-electron chi connectivity index (χ4n) is 8.66. The van der Waals surface area contributed by atoms with Crippen LogP contribution in [0.1, 0.15) is 78.4 Å². The highest BCUT2D eigenvalue weighted by Gasteiger charge is 2.39. The van der Waals surface area contributed by atoms with Gasteiger partial charge in [-0.15, -0.1) is 0 Å². The van der Waals surface area contributed by atoms with Gasteiger partial charge in [-0.1, -0.05) is 27.7 Å². The van der Waals surface area contributed by atoms with Gasteiger partial charge in [0.15, 0.2) is 0 Å². The number of hydrogen-bond acceptors (Lipinski definition) is 6. The molecule has 0 radical (unpaired) electrons. The molecule has 0 unspecified atom stereocenters. The number of likely N-dealkylation sites (N-methyl/N-ethyl adjacent to an activating group) is 2. The van der Waals surface area contributed by atoms with Crippen molar-refractivity contribution < 1.29 is 28.0 Å². The maximum absolute atomic E-state index is 14.8. The van der Waals surface area contributed by atoms with Gasteiger partial charge in [0.25, 0.3) is 0 Å². The van der Waals surface area contributed by atoms with Gasteiger partial charge < -0.3 is 41.0 Å². The molecule has 12 nitrogen and oxygen atoms in total. The number of likely N-dealkylation sites (tertiary alicyclic amines) is 2. The summed E-state index contributed by atoms with van der Waals surface area (Å²) in [5, 5.41) is 13.4. The van der Waals surface area contributed by atoms with Crippen LogP contribution in [0.5, 0.6) is 0 Å². The van der Waals surface area contributed by atoms with Crippen molar-refractivity contribution in [1.29, 1.82) is 0 Å². The highest BCUT2D eigenvalue weighted by Crippen LogP contribution is 2.40. The van der Waals surface area contributed by atoms with Crippen LogP contribution in [-0.2, 0) is 32.0 Å². The standard InChI is InChI=1S/C44H60F2N8O4/c1-23(2)37(51-41(55)25(5)47-7)43(57)53-17-9-11-29(53)21-33-31-15-13-27(45)19-35(31)49-39(33)40-34(32-16-14-28(46)20-36(32)50-40)22-30-12-10-18-54(30)44(58)38(24(3)4)52-42(56)26(6)48-8/h13-16,19-20,23-26,29-30,37-38,47-50H,9-12,17-18,21-22H2,1-8H3,(H,51,55)(H,52,56)/t25-,26-,29-,30+,37-,38-/m0/s1. The van der Waals surface area contributed by atoms with Gasteiger partial charge in [-0.25, -0.2) is 8.78 Å². The Bertz CT molecular complexity index is 2000. The lowest BCUT2D eigenvalue weighted by Gasteiger charge is -2.32. The van der Waals surface area contributed by atoms with Crippen LogP contribution in [0.2, 0.25) is 0 Å². The van der Waals surface area contributed by atoms with E-state index in [0.717, 1.165) is 47.6 Å². The zero-order valence-corrected chi connectivity index (χ0v) is 35.0. The molecular weight excluding hydrogens is 743 g/mol. The van der Waals surface area contributed by atoms with Gasteiger partial charge >= 0.3 is 0 Å². The van der Waals surface area contributed by atoms with E-state index in [4.69, 9.17) is 0 Å². The number of fused-ring (bicyclic) bond motifs is 2. The number of halogens is 2. The van der Waals surface area contributed by atoms with Crippen LogP contribution in [0.25, 0.3) is 33.2 Å². The molecule has 4 amide bonds. The van der Waals surface area contributed by atoms with Crippen LogP contribution in [0.15, 0.2) is 36.4 Å². The Balaban J connectivity index is 1.38. The summed E-state index contributed by atoms with van der Waals surface area (Å²) in [4.78, 5) is 65.1. The first-order valence-corrected chi connectivity index (χ1v) is 20.8. The van der Waals surface area contributed by atoms with Gasteiger partial charge in [0.05, 0.1) is 23.5 Å². The summed E-state index contributed by atoms with van der Waals surface area (Å²) in [5.41, 5.74) is 4.40. The van der Waals surface area contributed by atoms with Crippen molar-refractivity contribution in [2.75, 3.05) is 27.2 Å². The molecule has 6 atom stereocenters. The minimum Gasteiger partial charge on any atom is -0.353 e. The maximum Gasteiger partial charge on any atom is 0.245 e. The molecule has 4 aromatic rings. The number of nitrogens with zero attached hydrogens (tertiary/aromatic N) is 2. The Hall–Kier alpha value is -4.82. The summed E-state index contributed by atoms with van der Waals surface area (Å²) >= 11 is 0. The molecule has 0 spiro atoms. The lowest BCUT2D eigenvalue weighted by Crippen LogP contribution is -2.55. The highest BCUT2D eigenvalue weighted by atomic mass is 19.1. The molecule has 2 aromatic heterocycles. The van der Waals surface area contributed by atoms with Gasteiger partial charge in [-0.3, -0.25) is 19.2 Å². The van der Waals surface area contributed by atoms with Gasteiger partial charge in [0, 0.05) is 47.0 Å². The maximum atomic E-state index is 14.8. The van der Waals surface area contributed by atoms with Crippen molar-refractivity contribution in [3.63, 3.8) is 0 Å². The lowest BCUT2D eigenvalue weighted by molar-refractivity contribution is -0.138. The Morgan fingerprint density at radius 1 is 0.655 bits per heavy atom. The molecule has 2 aliphatic rings. The first-order chi connectivity index (χ1) is 27.6. The fourth-order valence-corrected chi connectivity index (χ4v) is 8.66. The van der Waals surface area contributed by atoms with Crippen LogP contribution in [0.4, 0.5) is 8.78 Å². The second kappa shape index (κ2) is 18.0. The number of aromatic amines is 2.